The van der Waals surface area contributed by atoms with Gasteiger partial charge in [0.1, 0.15) is 23.4 Å². The zero-order valence-corrected chi connectivity index (χ0v) is 21.9. The number of carbonyl (C=O) groups excluding carboxylic acids is 1. The summed E-state index contributed by atoms with van der Waals surface area (Å²) < 4.78 is 52.9. The van der Waals surface area contributed by atoms with Crippen molar-refractivity contribution in [1.82, 2.24) is 14.5 Å². The van der Waals surface area contributed by atoms with Crippen molar-refractivity contribution < 1.29 is 32.4 Å². The predicted octanol–water partition coefficient (Wildman–Crippen LogP) is 4.65. The Labute approximate surface area is 225 Å². The van der Waals surface area contributed by atoms with Gasteiger partial charge in [0.15, 0.2) is 10.9 Å². The van der Waals surface area contributed by atoms with Crippen LogP contribution in [0.3, 0.4) is 0 Å². The highest BCUT2D eigenvalue weighted by molar-refractivity contribution is 7.23. The van der Waals surface area contributed by atoms with Crippen molar-refractivity contribution in [2.45, 2.75) is 38.9 Å². The van der Waals surface area contributed by atoms with Crippen LogP contribution in [0, 0.1) is 10.1 Å². The number of anilines is 2. The number of carbonyl (C=O) groups is 1. The zero-order valence-electron chi connectivity index (χ0n) is 21.1. The number of amides is 1. The van der Waals surface area contributed by atoms with Crippen LogP contribution in [-0.4, -0.2) is 64.6 Å². The lowest BCUT2D eigenvalue weighted by atomic mass is 10.2. The van der Waals surface area contributed by atoms with Crippen LogP contribution in [0.1, 0.15) is 25.6 Å². The van der Waals surface area contributed by atoms with E-state index < -0.39 is 30.3 Å². The summed E-state index contributed by atoms with van der Waals surface area (Å²) in [4.78, 5) is 34.1. The molecule has 0 spiro atoms. The summed E-state index contributed by atoms with van der Waals surface area (Å²) in [7, 11) is 0. The summed E-state index contributed by atoms with van der Waals surface area (Å²) in [6.45, 7) is 5.25. The third-order valence-corrected chi connectivity index (χ3v) is 6.82. The van der Waals surface area contributed by atoms with Crippen LogP contribution in [0.5, 0.6) is 0 Å². The van der Waals surface area contributed by atoms with E-state index in [-0.39, 0.29) is 17.3 Å². The first-order valence-electron chi connectivity index (χ1n) is 12.2. The van der Waals surface area contributed by atoms with Crippen LogP contribution in [0.15, 0.2) is 30.6 Å². The summed E-state index contributed by atoms with van der Waals surface area (Å²) in [5, 5.41) is 13.5. The molecule has 3 heterocycles. The second kappa shape index (κ2) is 12.0. The number of imidazole rings is 1. The Morgan fingerprint density at radius 2 is 2.08 bits per heavy atom. The Bertz CT molecular complexity index is 1410. The highest BCUT2D eigenvalue weighted by Gasteiger charge is 2.32. The molecule has 0 unspecified atom stereocenters. The van der Waals surface area contributed by atoms with Gasteiger partial charge in [0.2, 0.25) is 0 Å². The fraction of sp³-hybridized carbons (Fsp3) is 0.458. The smallest absolute Gasteiger partial charge is 0.406 e. The van der Waals surface area contributed by atoms with Crippen molar-refractivity contribution in [2.75, 3.05) is 43.3 Å². The van der Waals surface area contributed by atoms with Crippen molar-refractivity contribution >= 4 is 49.3 Å². The molecule has 39 heavy (non-hydrogen) atoms. The predicted molar refractivity (Wildman–Crippen MR) is 140 cm³/mol. The van der Waals surface area contributed by atoms with Gasteiger partial charge in [-0.2, -0.15) is 13.2 Å². The van der Waals surface area contributed by atoms with Gasteiger partial charge in [0.25, 0.3) is 5.91 Å². The molecule has 2 aromatic heterocycles. The first-order valence-corrected chi connectivity index (χ1v) is 13.0. The molecule has 11 nitrogen and oxygen atoms in total. The first kappa shape index (κ1) is 28.3. The number of nitrogens with one attached hydrogen (secondary N) is 1. The second-order valence-corrected chi connectivity index (χ2v) is 9.69. The van der Waals surface area contributed by atoms with Gasteiger partial charge in [-0.15, -0.1) is 6.58 Å². The lowest BCUT2D eigenvalue weighted by molar-refractivity contribution is -0.521. The van der Waals surface area contributed by atoms with Crippen LogP contribution >= 0.6 is 11.3 Å². The van der Waals surface area contributed by atoms with Gasteiger partial charge in [0.05, 0.1) is 34.0 Å². The molecular formula is C24H27F3N6O5S. The number of aryl methyl sites for hydroxylation is 1. The largest absolute Gasteiger partial charge is 0.426 e. The van der Waals surface area contributed by atoms with Crippen molar-refractivity contribution in [3.8, 4) is 0 Å². The summed E-state index contributed by atoms with van der Waals surface area (Å²) in [5.74, 6) is -0.715. The van der Waals surface area contributed by atoms with Gasteiger partial charge >= 0.3 is 12.9 Å². The number of nitro groups is 1. The van der Waals surface area contributed by atoms with E-state index in [0.717, 1.165) is 11.3 Å². The minimum atomic E-state index is -4.45. The molecule has 1 N–H and O–H groups in total. The molecular weight excluding hydrogens is 541 g/mol. The highest BCUT2D eigenvalue weighted by atomic mass is 32.1. The van der Waals surface area contributed by atoms with E-state index in [0.29, 0.717) is 71.9 Å². The van der Waals surface area contributed by atoms with Gasteiger partial charge in [-0.25, -0.2) is 9.97 Å². The highest BCUT2D eigenvalue weighted by Crippen LogP contribution is 2.40. The van der Waals surface area contributed by atoms with Crippen molar-refractivity contribution in [1.29, 1.82) is 0 Å². The Balaban J connectivity index is 1.82. The van der Waals surface area contributed by atoms with Gasteiger partial charge in [-0.3, -0.25) is 20.2 Å². The van der Waals surface area contributed by atoms with Crippen LogP contribution in [0.2, 0.25) is 0 Å². The minimum Gasteiger partial charge on any atom is -0.426 e. The number of hydrogen-bond donors (Lipinski definition) is 1. The van der Waals surface area contributed by atoms with E-state index in [1.165, 1.54) is 16.7 Å². The number of fused-ring (bicyclic) bond motifs is 3. The van der Waals surface area contributed by atoms with E-state index >= 15 is 0 Å². The van der Waals surface area contributed by atoms with E-state index in [1.807, 2.05) is 11.8 Å². The molecule has 15 heteroatoms. The standard InChI is InChI=1S/C24H27F3N6O5S/c1-3-5-7-17(38-14-33(35)36)22(34)30-23-29-19-15(31-8-10-37-11-9-31)12-16-20(21(19)39-23)28-18(6-4-2)32(16)13-24(25,26)27/h3,7,12H,1,4-6,8-11,13-14H2,2H3,(H,29,30,34)/b17-7-. The number of benzene rings is 1. The third-order valence-electron chi connectivity index (χ3n) is 5.85. The third kappa shape index (κ3) is 6.65. The van der Waals surface area contributed by atoms with Crippen molar-refractivity contribution in [2.24, 2.45) is 0 Å². The van der Waals surface area contributed by atoms with E-state index in [4.69, 9.17) is 9.47 Å². The quantitative estimate of drug-likeness (QED) is 0.0886. The summed E-state index contributed by atoms with van der Waals surface area (Å²) in [6.07, 6.45) is -0.404. The summed E-state index contributed by atoms with van der Waals surface area (Å²) >= 11 is 1.06. The van der Waals surface area contributed by atoms with Crippen LogP contribution in [0.4, 0.5) is 24.0 Å². The minimum absolute atomic E-state index is 0.147. The molecule has 1 aromatic carbocycles. The van der Waals surface area contributed by atoms with E-state index in [9.17, 15) is 28.1 Å². The summed E-state index contributed by atoms with van der Waals surface area (Å²) in [6, 6.07) is 1.67. The molecule has 0 saturated carbocycles. The molecule has 1 aliphatic rings. The molecule has 1 fully saturated rings. The molecule has 0 radical (unpaired) electrons. The molecule has 0 aliphatic carbocycles. The fourth-order valence-electron chi connectivity index (χ4n) is 4.24. The fourth-order valence-corrected chi connectivity index (χ4v) is 5.20. The maximum absolute atomic E-state index is 13.6. The SMILES string of the molecule is C=CC/C=C(\OC[N+](=O)[O-])C(=O)Nc1nc2c(N3CCOCC3)cc3c(nc(CCC)n3CC(F)(F)F)c2s1. The molecule has 1 amide bonds. The monoisotopic (exact) mass is 568 g/mol. The van der Waals surface area contributed by atoms with E-state index in [1.54, 1.807) is 6.07 Å². The average Bonchev–Trinajstić information content (AvgIpc) is 3.44. The number of ether oxygens (including phenoxy) is 2. The summed E-state index contributed by atoms with van der Waals surface area (Å²) in [5.41, 5.74) is 1.77. The average molecular weight is 569 g/mol. The number of nitrogens with zero attached hydrogens (tertiary/aromatic N) is 5. The first-order chi connectivity index (χ1) is 18.6. The lowest BCUT2D eigenvalue weighted by Crippen LogP contribution is -2.36. The van der Waals surface area contributed by atoms with Gasteiger partial charge in [-0.05, 0) is 25.0 Å². The van der Waals surface area contributed by atoms with E-state index in [2.05, 4.69) is 21.9 Å². The second-order valence-electron chi connectivity index (χ2n) is 8.69. The maximum atomic E-state index is 13.6. The van der Waals surface area contributed by atoms with Crippen molar-refractivity contribution in [3.63, 3.8) is 0 Å². The van der Waals surface area contributed by atoms with Gasteiger partial charge in [0, 0.05) is 19.5 Å². The number of thiazole rings is 1. The molecule has 3 aromatic rings. The molecule has 0 atom stereocenters. The Hall–Kier alpha value is -3.72. The topological polar surface area (TPSA) is 125 Å². The van der Waals surface area contributed by atoms with Crippen molar-refractivity contribution in [3.05, 3.63) is 46.5 Å². The number of aromatic nitrogens is 3. The number of rotatable bonds is 11. The maximum Gasteiger partial charge on any atom is 0.406 e. The van der Waals surface area contributed by atoms with Crippen LogP contribution < -0.4 is 10.2 Å². The molecule has 1 aliphatic heterocycles. The zero-order chi connectivity index (χ0) is 28.2. The molecule has 210 valence electrons. The molecule has 1 saturated heterocycles. The normalized spacial score (nSPS) is 14.7. The number of alkyl halides is 3. The number of morpholine rings is 1. The van der Waals surface area contributed by atoms with Gasteiger partial charge in [-0.1, -0.05) is 24.3 Å². The Morgan fingerprint density at radius 3 is 2.72 bits per heavy atom. The number of allylic oxidation sites excluding steroid dienone is 2. The molecule has 4 rings (SSSR count). The Kier molecular flexibility index (Phi) is 8.70. The number of halogens is 3. The number of hydrogen-bond acceptors (Lipinski definition) is 9. The van der Waals surface area contributed by atoms with Gasteiger partial charge < -0.3 is 18.9 Å². The Morgan fingerprint density at radius 1 is 1.33 bits per heavy atom. The van der Waals surface area contributed by atoms with Crippen LogP contribution in [0.25, 0.3) is 21.3 Å². The lowest BCUT2D eigenvalue weighted by Gasteiger charge is -2.29. The molecule has 0 bridgehead atoms. The van der Waals surface area contributed by atoms with Crippen LogP contribution in [-0.2, 0) is 27.2 Å².